The molecule has 8 nitrogen and oxygen atoms in total. The zero-order valence-electron chi connectivity index (χ0n) is 15.0. The highest BCUT2D eigenvalue weighted by molar-refractivity contribution is 6.03. The lowest BCUT2D eigenvalue weighted by molar-refractivity contribution is -0.135. The summed E-state index contributed by atoms with van der Waals surface area (Å²) in [5.74, 6) is 0.148. The van der Waals surface area contributed by atoms with Gasteiger partial charge in [0.2, 0.25) is 11.8 Å². The minimum absolute atomic E-state index is 0.190. The van der Waals surface area contributed by atoms with Crippen LogP contribution in [-0.2, 0) is 9.59 Å². The zero-order chi connectivity index (χ0) is 19.2. The Hall–Kier alpha value is -3.29. The van der Waals surface area contributed by atoms with Gasteiger partial charge < -0.3 is 24.3 Å². The molecule has 0 aliphatic carbocycles. The third-order valence-electron chi connectivity index (χ3n) is 4.34. The van der Waals surface area contributed by atoms with Crippen molar-refractivity contribution in [1.82, 2.24) is 9.80 Å². The monoisotopic (exact) mass is 371 g/mol. The summed E-state index contributed by atoms with van der Waals surface area (Å²) in [5, 5.41) is 2.69. The maximum Gasteiger partial charge on any atom is 0.289 e. The Morgan fingerprint density at radius 3 is 2.30 bits per heavy atom. The predicted octanol–water partition coefficient (Wildman–Crippen LogP) is 1.60. The van der Waals surface area contributed by atoms with E-state index in [0.29, 0.717) is 37.6 Å². The summed E-state index contributed by atoms with van der Waals surface area (Å²) in [6.45, 7) is 1.60. The molecule has 3 rings (SSSR count). The van der Waals surface area contributed by atoms with Gasteiger partial charge in [-0.25, -0.2) is 0 Å². The Kier molecular flexibility index (Phi) is 5.75. The van der Waals surface area contributed by atoms with Gasteiger partial charge >= 0.3 is 0 Å². The van der Waals surface area contributed by atoms with Crippen LogP contribution < -0.4 is 10.1 Å². The minimum atomic E-state index is -0.376. The summed E-state index contributed by atoms with van der Waals surface area (Å²) in [5.41, 5.74) is 0.600. The number of nitrogens with zero attached hydrogens (tertiary/aromatic N) is 2. The Morgan fingerprint density at radius 1 is 1.04 bits per heavy atom. The molecule has 0 radical (unpaired) electrons. The Balaban J connectivity index is 1.46. The third-order valence-corrected chi connectivity index (χ3v) is 4.34. The zero-order valence-corrected chi connectivity index (χ0v) is 15.0. The highest BCUT2D eigenvalue weighted by Crippen LogP contribution is 2.15. The van der Waals surface area contributed by atoms with E-state index < -0.39 is 0 Å². The highest BCUT2D eigenvalue weighted by Gasteiger charge is 2.26. The maximum atomic E-state index is 12.3. The molecule has 2 heterocycles. The first-order valence-corrected chi connectivity index (χ1v) is 8.61. The maximum absolute atomic E-state index is 12.3. The van der Waals surface area contributed by atoms with E-state index in [1.54, 1.807) is 53.3 Å². The van der Waals surface area contributed by atoms with Gasteiger partial charge in [-0.2, -0.15) is 0 Å². The van der Waals surface area contributed by atoms with Crippen molar-refractivity contribution >= 4 is 23.4 Å². The quantitative estimate of drug-likeness (QED) is 0.806. The first-order valence-electron chi connectivity index (χ1n) is 8.61. The minimum Gasteiger partial charge on any atom is -0.497 e. The molecule has 0 bridgehead atoms. The standard InChI is InChI=1S/C19H21N3O5/c1-26-15-6-4-14(5-7-15)20-17(23)13-18(24)21-8-10-22(11-9-21)19(25)16-3-2-12-27-16/h2-7,12H,8-11,13H2,1H3,(H,20,23). The third kappa shape index (κ3) is 4.66. The van der Waals surface area contributed by atoms with E-state index in [0.717, 1.165) is 0 Å². The molecule has 3 amide bonds. The summed E-state index contributed by atoms with van der Waals surface area (Å²) in [7, 11) is 1.56. The van der Waals surface area contributed by atoms with Crippen LogP contribution in [0.2, 0.25) is 0 Å². The summed E-state index contributed by atoms with van der Waals surface area (Å²) in [6.07, 6.45) is 1.21. The van der Waals surface area contributed by atoms with E-state index in [2.05, 4.69) is 5.32 Å². The SMILES string of the molecule is COc1ccc(NC(=O)CC(=O)N2CCN(C(=O)c3ccco3)CC2)cc1. The molecule has 1 aliphatic rings. The molecule has 0 atom stereocenters. The van der Waals surface area contributed by atoms with Crippen LogP contribution in [0.15, 0.2) is 47.1 Å². The number of piperazine rings is 1. The molecule has 8 heteroatoms. The number of benzene rings is 1. The normalized spacial score (nSPS) is 14.0. The van der Waals surface area contributed by atoms with Gasteiger partial charge in [0.25, 0.3) is 5.91 Å². The first kappa shape index (κ1) is 18.5. The summed E-state index contributed by atoms with van der Waals surface area (Å²) in [4.78, 5) is 39.9. The van der Waals surface area contributed by atoms with Gasteiger partial charge in [-0.05, 0) is 36.4 Å². The van der Waals surface area contributed by atoms with Gasteiger partial charge in [0.15, 0.2) is 5.76 Å². The fraction of sp³-hybridized carbons (Fsp3) is 0.316. The molecule has 1 aliphatic heterocycles. The van der Waals surface area contributed by atoms with Crippen LogP contribution >= 0.6 is 0 Å². The van der Waals surface area contributed by atoms with Crippen molar-refractivity contribution in [2.75, 3.05) is 38.6 Å². The Morgan fingerprint density at radius 2 is 1.70 bits per heavy atom. The van der Waals surface area contributed by atoms with E-state index in [9.17, 15) is 14.4 Å². The van der Waals surface area contributed by atoms with Crippen molar-refractivity contribution in [2.24, 2.45) is 0 Å². The number of ether oxygens (including phenoxy) is 1. The summed E-state index contributed by atoms with van der Waals surface area (Å²) < 4.78 is 10.2. The molecule has 1 aromatic carbocycles. The van der Waals surface area contributed by atoms with Crippen molar-refractivity contribution < 1.29 is 23.5 Å². The van der Waals surface area contributed by atoms with Crippen LogP contribution in [0.25, 0.3) is 0 Å². The van der Waals surface area contributed by atoms with Crippen LogP contribution in [0.5, 0.6) is 5.75 Å². The number of hydrogen-bond donors (Lipinski definition) is 1. The number of nitrogens with one attached hydrogen (secondary N) is 1. The van der Waals surface area contributed by atoms with E-state index in [4.69, 9.17) is 9.15 Å². The van der Waals surface area contributed by atoms with Crippen LogP contribution in [0.3, 0.4) is 0 Å². The second-order valence-electron chi connectivity index (χ2n) is 6.10. The van der Waals surface area contributed by atoms with Gasteiger partial charge in [0.1, 0.15) is 12.2 Å². The first-order chi connectivity index (χ1) is 13.1. The van der Waals surface area contributed by atoms with E-state index in [1.807, 2.05) is 0 Å². The van der Waals surface area contributed by atoms with Crippen molar-refractivity contribution in [3.05, 3.63) is 48.4 Å². The topological polar surface area (TPSA) is 92.1 Å². The van der Waals surface area contributed by atoms with Crippen molar-refractivity contribution in [3.63, 3.8) is 0 Å². The molecule has 27 heavy (non-hydrogen) atoms. The van der Waals surface area contributed by atoms with Crippen LogP contribution in [-0.4, -0.2) is 60.8 Å². The van der Waals surface area contributed by atoms with E-state index >= 15 is 0 Å². The molecule has 0 unspecified atom stereocenters. The number of rotatable bonds is 5. The lowest BCUT2D eigenvalue weighted by atomic mass is 10.2. The van der Waals surface area contributed by atoms with Gasteiger partial charge in [-0.1, -0.05) is 0 Å². The molecule has 2 aromatic rings. The number of carbonyl (C=O) groups excluding carboxylic acids is 3. The Bertz CT molecular complexity index is 793. The molecule has 1 saturated heterocycles. The fourth-order valence-corrected chi connectivity index (χ4v) is 2.84. The second-order valence-corrected chi connectivity index (χ2v) is 6.10. The molecular weight excluding hydrogens is 350 g/mol. The molecule has 142 valence electrons. The molecule has 0 saturated carbocycles. The molecular formula is C19H21N3O5. The number of hydrogen-bond acceptors (Lipinski definition) is 5. The number of anilines is 1. The van der Waals surface area contributed by atoms with Gasteiger partial charge in [0, 0.05) is 31.9 Å². The van der Waals surface area contributed by atoms with Gasteiger partial charge in [-0.15, -0.1) is 0 Å². The molecule has 1 fully saturated rings. The molecule has 1 N–H and O–H groups in total. The summed E-state index contributed by atoms with van der Waals surface area (Å²) in [6, 6.07) is 10.2. The number of furan rings is 1. The number of carbonyl (C=O) groups is 3. The van der Waals surface area contributed by atoms with Crippen LogP contribution in [0, 0.1) is 0 Å². The highest BCUT2D eigenvalue weighted by atomic mass is 16.5. The lowest BCUT2D eigenvalue weighted by Crippen LogP contribution is -2.51. The average Bonchev–Trinajstić information content (AvgIpc) is 3.23. The summed E-state index contributed by atoms with van der Waals surface area (Å²) >= 11 is 0. The van der Waals surface area contributed by atoms with Crippen molar-refractivity contribution in [3.8, 4) is 5.75 Å². The second kappa shape index (κ2) is 8.39. The number of amides is 3. The van der Waals surface area contributed by atoms with E-state index in [1.165, 1.54) is 6.26 Å². The number of methoxy groups -OCH3 is 1. The van der Waals surface area contributed by atoms with Crippen molar-refractivity contribution in [2.45, 2.75) is 6.42 Å². The molecule has 0 spiro atoms. The average molecular weight is 371 g/mol. The lowest BCUT2D eigenvalue weighted by Gasteiger charge is -2.34. The van der Waals surface area contributed by atoms with Crippen molar-refractivity contribution in [1.29, 1.82) is 0 Å². The fourth-order valence-electron chi connectivity index (χ4n) is 2.84. The van der Waals surface area contributed by atoms with Crippen LogP contribution in [0.1, 0.15) is 17.0 Å². The van der Waals surface area contributed by atoms with E-state index in [-0.39, 0.29) is 29.9 Å². The largest absolute Gasteiger partial charge is 0.497 e. The van der Waals surface area contributed by atoms with Crippen LogP contribution in [0.4, 0.5) is 5.69 Å². The Labute approximate surface area is 156 Å². The predicted molar refractivity (Wildman–Crippen MR) is 97.4 cm³/mol. The van der Waals surface area contributed by atoms with Gasteiger partial charge in [0.05, 0.1) is 13.4 Å². The van der Waals surface area contributed by atoms with Gasteiger partial charge in [-0.3, -0.25) is 14.4 Å². The smallest absolute Gasteiger partial charge is 0.289 e. The molecule has 1 aromatic heterocycles.